The molecular weight excluding hydrogens is 238 g/mol. The Balaban J connectivity index is 1.89. The lowest BCUT2D eigenvalue weighted by Crippen LogP contribution is -2.55. The Bertz CT molecular complexity index is 449. The van der Waals surface area contributed by atoms with Crippen molar-refractivity contribution >= 4 is 5.82 Å². The van der Waals surface area contributed by atoms with Crippen LogP contribution >= 0.6 is 0 Å². The van der Waals surface area contributed by atoms with E-state index in [9.17, 15) is 5.11 Å². The highest BCUT2D eigenvalue weighted by Crippen LogP contribution is 2.31. The number of hydrogen-bond donors (Lipinski definition) is 1. The first-order valence-corrected chi connectivity index (χ1v) is 7.30. The van der Waals surface area contributed by atoms with Crippen LogP contribution in [0.1, 0.15) is 38.4 Å². The molecule has 0 saturated carbocycles. The molecule has 3 rings (SSSR count). The van der Waals surface area contributed by atoms with Crippen molar-refractivity contribution in [2.75, 3.05) is 24.5 Å². The Morgan fingerprint density at radius 1 is 1.42 bits per heavy atom. The van der Waals surface area contributed by atoms with E-state index in [1.807, 2.05) is 25.3 Å². The van der Waals surface area contributed by atoms with Crippen LogP contribution in [0.3, 0.4) is 0 Å². The molecule has 4 heteroatoms. The molecule has 1 N–H and O–H groups in total. The average molecular weight is 261 g/mol. The molecule has 19 heavy (non-hydrogen) atoms. The minimum absolute atomic E-state index is 0.460. The molecule has 3 unspecified atom stereocenters. The monoisotopic (exact) mass is 261 g/mol. The second-order valence-corrected chi connectivity index (χ2v) is 5.88. The molecule has 2 fully saturated rings. The van der Waals surface area contributed by atoms with Gasteiger partial charge >= 0.3 is 0 Å². The number of nitrogens with zero attached hydrogens (tertiary/aromatic N) is 3. The lowest BCUT2D eigenvalue weighted by molar-refractivity contribution is 0.191. The van der Waals surface area contributed by atoms with Crippen molar-refractivity contribution in [3.63, 3.8) is 0 Å². The minimum atomic E-state index is -0.461. The molecule has 4 nitrogen and oxygen atoms in total. The fourth-order valence-electron chi connectivity index (χ4n) is 3.46. The van der Waals surface area contributed by atoms with Crippen LogP contribution in [0.4, 0.5) is 5.82 Å². The highest BCUT2D eigenvalue weighted by atomic mass is 16.3. The highest BCUT2D eigenvalue weighted by molar-refractivity contribution is 5.49. The zero-order valence-electron chi connectivity index (χ0n) is 11.8. The first-order chi connectivity index (χ1) is 9.16. The largest absolute Gasteiger partial charge is 0.389 e. The Hall–Kier alpha value is -1.13. The van der Waals surface area contributed by atoms with Gasteiger partial charge in [-0.2, -0.15) is 0 Å². The van der Waals surface area contributed by atoms with Crippen molar-refractivity contribution in [1.82, 2.24) is 9.88 Å². The summed E-state index contributed by atoms with van der Waals surface area (Å²) in [5, 5.41) is 9.93. The van der Waals surface area contributed by atoms with Crippen LogP contribution in [0.2, 0.25) is 0 Å². The molecule has 0 bridgehead atoms. The van der Waals surface area contributed by atoms with E-state index >= 15 is 0 Å². The molecular formula is C15H23N3O. The van der Waals surface area contributed by atoms with Crippen molar-refractivity contribution in [3.8, 4) is 0 Å². The van der Waals surface area contributed by atoms with E-state index in [1.165, 1.54) is 19.4 Å². The van der Waals surface area contributed by atoms with E-state index in [-0.39, 0.29) is 0 Å². The third kappa shape index (κ3) is 2.35. The van der Waals surface area contributed by atoms with Gasteiger partial charge in [-0.15, -0.1) is 0 Å². The molecule has 1 aromatic heterocycles. The maximum atomic E-state index is 9.93. The first-order valence-electron chi connectivity index (χ1n) is 7.30. The van der Waals surface area contributed by atoms with Crippen molar-refractivity contribution in [1.29, 1.82) is 0 Å². The second kappa shape index (κ2) is 5.10. The first kappa shape index (κ1) is 12.9. The molecule has 3 heterocycles. The number of anilines is 1. The van der Waals surface area contributed by atoms with E-state index in [4.69, 9.17) is 0 Å². The normalized spacial score (nSPS) is 29.3. The van der Waals surface area contributed by atoms with Gasteiger partial charge in [0, 0.05) is 36.9 Å². The molecule has 0 spiro atoms. The molecule has 0 amide bonds. The summed E-state index contributed by atoms with van der Waals surface area (Å²) < 4.78 is 0. The number of fused-ring (bicyclic) bond motifs is 1. The summed E-state index contributed by atoms with van der Waals surface area (Å²) in [6, 6.07) is 5.02. The lowest BCUT2D eigenvalue weighted by Gasteiger charge is -2.43. The molecule has 0 aliphatic carbocycles. The molecule has 0 radical (unpaired) electrons. The smallest absolute Gasteiger partial charge is 0.134 e. The third-order valence-electron chi connectivity index (χ3n) is 4.48. The number of aliphatic hydroxyl groups excluding tert-OH is 1. The standard InChI is InChI=1S/C15H23N3O/c1-11-9-17-8-4-5-13(17)10-18(11)15-14(12(2)19)6-3-7-16-15/h3,6-7,11-13,19H,4-5,8-10H2,1-2H3. The fraction of sp³-hybridized carbons (Fsp3) is 0.667. The van der Waals surface area contributed by atoms with E-state index in [0.717, 1.165) is 24.5 Å². The Labute approximate surface area is 115 Å². The third-order valence-corrected chi connectivity index (χ3v) is 4.48. The van der Waals surface area contributed by atoms with Crippen LogP contribution in [0.25, 0.3) is 0 Å². The number of rotatable bonds is 2. The maximum Gasteiger partial charge on any atom is 0.134 e. The summed E-state index contributed by atoms with van der Waals surface area (Å²) >= 11 is 0. The van der Waals surface area contributed by atoms with Crippen LogP contribution < -0.4 is 4.90 Å². The van der Waals surface area contributed by atoms with Crippen LogP contribution in [0, 0.1) is 0 Å². The second-order valence-electron chi connectivity index (χ2n) is 5.88. The van der Waals surface area contributed by atoms with Crippen molar-refractivity contribution in [2.45, 2.75) is 44.9 Å². The summed E-state index contributed by atoms with van der Waals surface area (Å²) in [7, 11) is 0. The van der Waals surface area contributed by atoms with E-state index in [0.29, 0.717) is 12.1 Å². The van der Waals surface area contributed by atoms with E-state index < -0.39 is 6.10 Å². The molecule has 2 aliphatic rings. The van der Waals surface area contributed by atoms with Crippen LogP contribution in [-0.4, -0.2) is 46.7 Å². The van der Waals surface area contributed by atoms with Crippen molar-refractivity contribution in [2.24, 2.45) is 0 Å². The molecule has 0 aromatic carbocycles. The fourth-order valence-corrected chi connectivity index (χ4v) is 3.46. The van der Waals surface area contributed by atoms with Gasteiger partial charge in [-0.05, 0) is 39.3 Å². The van der Waals surface area contributed by atoms with Gasteiger partial charge in [0.05, 0.1) is 6.10 Å². The van der Waals surface area contributed by atoms with Crippen LogP contribution in [0.5, 0.6) is 0 Å². The number of aromatic nitrogens is 1. The lowest BCUT2D eigenvalue weighted by atomic mass is 10.1. The molecule has 2 saturated heterocycles. The summed E-state index contributed by atoms with van der Waals surface area (Å²) in [6.45, 7) is 7.47. The summed E-state index contributed by atoms with van der Waals surface area (Å²) in [6.07, 6.45) is 3.98. The van der Waals surface area contributed by atoms with Gasteiger partial charge in [0.1, 0.15) is 5.82 Å². The predicted octanol–water partition coefficient (Wildman–Crippen LogP) is 1.81. The van der Waals surface area contributed by atoms with Gasteiger partial charge in [0.2, 0.25) is 0 Å². The SMILES string of the molecule is CC(O)c1cccnc1N1CC2CCCN2CC1C. The van der Waals surface area contributed by atoms with Crippen molar-refractivity contribution in [3.05, 3.63) is 23.9 Å². The molecule has 1 aromatic rings. The average Bonchev–Trinajstić information content (AvgIpc) is 2.84. The summed E-state index contributed by atoms with van der Waals surface area (Å²) in [5.74, 6) is 0.969. The predicted molar refractivity (Wildman–Crippen MR) is 76.3 cm³/mol. The summed E-state index contributed by atoms with van der Waals surface area (Å²) in [5.41, 5.74) is 0.945. The molecule has 3 atom stereocenters. The number of aliphatic hydroxyl groups is 1. The van der Waals surface area contributed by atoms with Gasteiger partial charge in [-0.3, -0.25) is 4.90 Å². The van der Waals surface area contributed by atoms with Gasteiger partial charge in [0.25, 0.3) is 0 Å². The minimum Gasteiger partial charge on any atom is -0.389 e. The topological polar surface area (TPSA) is 39.6 Å². The van der Waals surface area contributed by atoms with E-state index in [2.05, 4.69) is 21.7 Å². The molecule has 2 aliphatic heterocycles. The quantitative estimate of drug-likeness (QED) is 0.881. The molecule has 104 valence electrons. The zero-order chi connectivity index (χ0) is 13.4. The Morgan fingerprint density at radius 3 is 3.05 bits per heavy atom. The summed E-state index contributed by atoms with van der Waals surface area (Å²) in [4.78, 5) is 9.52. The van der Waals surface area contributed by atoms with Gasteiger partial charge < -0.3 is 10.0 Å². The van der Waals surface area contributed by atoms with Gasteiger partial charge in [-0.1, -0.05) is 6.07 Å². The van der Waals surface area contributed by atoms with Gasteiger partial charge in [-0.25, -0.2) is 4.98 Å². The van der Waals surface area contributed by atoms with Crippen LogP contribution in [-0.2, 0) is 0 Å². The Morgan fingerprint density at radius 2 is 2.26 bits per heavy atom. The maximum absolute atomic E-state index is 9.93. The zero-order valence-corrected chi connectivity index (χ0v) is 11.8. The number of hydrogen-bond acceptors (Lipinski definition) is 4. The number of pyridine rings is 1. The van der Waals surface area contributed by atoms with Crippen molar-refractivity contribution < 1.29 is 5.11 Å². The van der Waals surface area contributed by atoms with Gasteiger partial charge in [0.15, 0.2) is 0 Å². The highest BCUT2D eigenvalue weighted by Gasteiger charge is 2.35. The number of piperazine rings is 1. The Kier molecular flexibility index (Phi) is 3.46. The van der Waals surface area contributed by atoms with Crippen LogP contribution in [0.15, 0.2) is 18.3 Å². The van der Waals surface area contributed by atoms with E-state index in [1.54, 1.807) is 0 Å².